The zero-order valence-electron chi connectivity index (χ0n) is 17.9. The van der Waals surface area contributed by atoms with E-state index in [4.69, 9.17) is 5.11 Å². The largest absolute Gasteiger partial charge is 0.481 e. The van der Waals surface area contributed by atoms with Gasteiger partial charge in [-0.1, -0.05) is 13.8 Å². The van der Waals surface area contributed by atoms with Gasteiger partial charge in [-0.3, -0.25) is 9.59 Å². The SMILES string of the molecule is CCC1(C)CCCN(C(=O)c2ccc(-n3nc(C)c(CCC(=O)O)c3C)cc2)C1. The van der Waals surface area contributed by atoms with E-state index in [2.05, 4.69) is 18.9 Å². The third-order valence-electron chi connectivity index (χ3n) is 6.31. The van der Waals surface area contributed by atoms with Crippen molar-refractivity contribution in [1.29, 1.82) is 0 Å². The minimum atomic E-state index is -0.809. The number of aryl methyl sites for hydroxylation is 1. The fourth-order valence-corrected chi connectivity index (χ4v) is 4.23. The van der Waals surface area contributed by atoms with Crippen molar-refractivity contribution in [2.75, 3.05) is 13.1 Å². The third-order valence-corrected chi connectivity index (χ3v) is 6.31. The van der Waals surface area contributed by atoms with Crippen molar-refractivity contribution >= 4 is 11.9 Å². The van der Waals surface area contributed by atoms with Gasteiger partial charge < -0.3 is 10.0 Å². The van der Waals surface area contributed by atoms with Crippen molar-refractivity contribution in [2.45, 2.75) is 59.8 Å². The Morgan fingerprint density at radius 1 is 1.21 bits per heavy atom. The summed E-state index contributed by atoms with van der Waals surface area (Å²) in [6, 6.07) is 7.55. The maximum Gasteiger partial charge on any atom is 0.303 e. The molecule has 1 saturated heterocycles. The van der Waals surface area contributed by atoms with Crippen LogP contribution < -0.4 is 0 Å². The second-order valence-electron chi connectivity index (χ2n) is 8.50. The van der Waals surface area contributed by atoms with E-state index in [9.17, 15) is 9.59 Å². The zero-order valence-corrected chi connectivity index (χ0v) is 17.9. The maximum absolute atomic E-state index is 13.0. The minimum Gasteiger partial charge on any atom is -0.481 e. The predicted octanol–water partition coefficient (Wildman–Crippen LogP) is 4.16. The maximum atomic E-state index is 13.0. The average molecular weight is 398 g/mol. The van der Waals surface area contributed by atoms with Crippen LogP contribution >= 0.6 is 0 Å². The molecule has 1 aromatic carbocycles. The molecule has 1 unspecified atom stereocenters. The lowest BCUT2D eigenvalue weighted by atomic mass is 9.79. The number of piperidine rings is 1. The van der Waals surface area contributed by atoms with E-state index >= 15 is 0 Å². The Hall–Kier alpha value is -2.63. The third kappa shape index (κ3) is 4.52. The van der Waals surface area contributed by atoms with Crippen LogP contribution in [0, 0.1) is 19.3 Å². The highest BCUT2D eigenvalue weighted by atomic mass is 16.4. The number of aromatic nitrogens is 2. The van der Waals surface area contributed by atoms with Gasteiger partial charge in [0.1, 0.15) is 0 Å². The first-order valence-electron chi connectivity index (χ1n) is 10.4. The molecule has 0 spiro atoms. The molecular formula is C23H31N3O3. The lowest BCUT2D eigenvalue weighted by molar-refractivity contribution is -0.136. The van der Waals surface area contributed by atoms with Crippen molar-refractivity contribution in [2.24, 2.45) is 5.41 Å². The van der Waals surface area contributed by atoms with E-state index < -0.39 is 5.97 Å². The van der Waals surface area contributed by atoms with E-state index in [-0.39, 0.29) is 17.7 Å². The van der Waals surface area contributed by atoms with Gasteiger partial charge in [-0.25, -0.2) is 4.68 Å². The summed E-state index contributed by atoms with van der Waals surface area (Å²) in [6.45, 7) is 9.95. The first-order valence-corrected chi connectivity index (χ1v) is 10.4. The predicted molar refractivity (Wildman–Crippen MR) is 113 cm³/mol. The number of hydrogen-bond donors (Lipinski definition) is 1. The van der Waals surface area contributed by atoms with Crippen LogP contribution in [-0.2, 0) is 11.2 Å². The van der Waals surface area contributed by atoms with Crippen LogP contribution in [0.2, 0.25) is 0 Å². The average Bonchev–Trinajstić information content (AvgIpc) is 2.99. The summed E-state index contributed by atoms with van der Waals surface area (Å²) < 4.78 is 1.83. The summed E-state index contributed by atoms with van der Waals surface area (Å²) in [4.78, 5) is 25.9. The molecule has 156 valence electrons. The highest BCUT2D eigenvalue weighted by molar-refractivity contribution is 5.94. The summed E-state index contributed by atoms with van der Waals surface area (Å²) in [5.41, 5.74) is 4.54. The molecule has 29 heavy (non-hydrogen) atoms. The van der Waals surface area contributed by atoms with Crippen molar-refractivity contribution in [1.82, 2.24) is 14.7 Å². The molecule has 6 heteroatoms. The molecule has 0 saturated carbocycles. The number of carboxylic acid groups (broad SMARTS) is 1. The second-order valence-corrected chi connectivity index (χ2v) is 8.50. The van der Waals surface area contributed by atoms with Crippen LogP contribution in [-0.4, -0.2) is 44.8 Å². The standard InChI is InChI=1S/C23H31N3O3/c1-5-23(4)13-6-14-25(15-23)22(29)18-7-9-19(10-8-18)26-17(3)20(16(2)24-26)11-12-21(27)28/h7-10H,5-6,11-15H2,1-4H3,(H,27,28). The van der Waals surface area contributed by atoms with Gasteiger partial charge >= 0.3 is 5.97 Å². The molecule has 1 atom stereocenters. The molecule has 1 aromatic heterocycles. The number of rotatable bonds is 6. The van der Waals surface area contributed by atoms with E-state index in [1.807, 2.05) is 47.7 Å². The fraction of sp³-hybridized carbons (Fsp3) is 0.522. The first-order chi connectivity index (χ1) is 13.7. The zero-order chi connectivity index (χ0) is 21.2. The number of carboxylic acids is 1. The van der Waals surface area contributed by atoms with Gasteiger partial charge in [0.25, 0.3) is 5.91 Å². The molecule has 1 fully saturated rings. The number of hydrogen-bond acceptors (Lipinski definition) is 3. The van der Waals surface area contributed by atoms with Gasteiger partial charge in [-0.15, -0.1) is 0 Å². The Morgan fingerprint density at radius 2 is 1.90 bits per heavy atom. The normalized spacial score (nSPS) is 19.4. The highest BCUT2D eigenvalue weighted by Gasteiger charge is 2.31. The highest BCUT2D eigenvalue weighted by Crippen LogP contribution is 2.33. The summed E-state index contributed by atoms with van der Waals surface area (Å²) in [5.74, 6) is -0.720. The molecule has 2 heterocycles. The molecule has 0 aliphatic carbocycles. The Morgan fingerprint density at radius 3 is 2.52 bits per heavy atom. The van der Waals surface area contributed by atoms with Gasteiger partial charge in [0.05, 0.1) is 11.4 Å². The van der Waals surface area contributed by atoms with Crippen LogP contribution in [0.1, 0.15) is 66.8 Å². The molecular weight excluding hydrogens is 366 g/mol. The number of likely N-dealkylation sites (tertiary alicyclic amines) is 1. The molecule has 6 nitrogen and oxygen atoms in total. The van der Waals surface area contributed by atoms with Crippen molar-refractivity contribution in [3.63, 3.8) is 0 Å². The van der Waals surface area contributed by atoms with E-state index in [1.165, 1.54) is 6.42 Å². The van der Waals surface area contributed by atoms with Crippen LogP contribution in [0.25, 0.3) is 5.69 Å². The molecule has 3 rings (SSSR count). The lowest BCUT2D eigenvalue weighted by Gasteiger charge is -2.40. The summed E-state index contributed by atoms with van der Waals surface area (Å²) in [5, 5.41) is 13.5. The van der Waals surface area contributed by atoms with Crippen molar-refractivity contribution < 1.29 is 14.7 Å². The monoisotopic (exact) mass is 397 g/mol. The van der Waals surface area contributed by atoms with E-state index in [1.54, 1.807) is 0 Å². The summed E-state index contributed by atoms with van der Waals surface area (Å²) in [6.07, 6.45) is 3.87. The quantitative estimate of drug-likeness (QED) is 0.794. The molecule has 1 aliphatic heterocycles. The number of benzene rings is 1. The molecule has 2 aromatic rings. The van der Waals surface area contributed by atoms with Crippen molar-refractivity contribution in [3.8, 4) is 5.69 Å². The smallest absolute Gasteiger partial charge is 0.303 e. The molecule has 0 bridgehead atoms. The Bertz CT molecular complexity index is 901. The number of amides is 1. The van der Waals surface area contributed by atoms with Crippen LogP contribution in [0.15, 0.2) is 24.3 Å². The van der Waals surface area contributed by atoms with Gasteiger partial charge in [0.15, 0.2) is 0 Å². The van der Waals surface area contributed by atoms with Gasteiger partial charge in [-0.05, 0) is 74.8 Å². The lowest BCUT2D eigenvalue weighted by Crippen LogP contribution is -2.44. The number of carbonyl (C=O) groups excluding carboxylic acids is 1. The molecule has 0 radical (unpaired) electrons. The van der Waals surface area contributed by atoms with Crippen LogP contribution in [0.4, 0.5) is 0 Å². The summed E-state index contributed by atoms with van der Waals surface area (Å²) >= 11 is 0. The van der Waals surface area contributed by atoms with Gasteiger partial charge in [0.2, 0.25) is 0 Å². The first kappa shape index (κ1) is 21.1. The topological polar surface area (TPSA) is 75.4 Å². The Kier molecular flexibility index (Phi) is 6.10. The summed E-state index contributed by atoms with van der Waals surface area (Å²) in [7, 11) is 0. The van der Waals surface area contributed by atoms with Crippen LogP contribution in [0.5, 0.6) is 0 Å². The molecule has 1 amide bonds. The van der Waals surface area contributed by atoms with Crippen molar-refractivity contribution in [3.05, 3.63) is 46.8 Å². The Labute approximate surface area is 172 Å². The van der Waals surface area contributed by atoms with E-state index in [0.29, 0.717) is 12.0 Å². The second kappa shape index (κ2) is 8.39. The number of carbonyl (C=O) groups is 2. The van der Waals surface area contributed by atoms with E-state index in [0.717, 1.165) is 48.6 Å². The van der Waals surface area contributed by atoms with Gasteiger partial charge in [0, 0.05) is 30.8 Å². The fourth-order valence-electron chi connectivity index (χ4n) is 4.23. The molecule has 1 N–H and O–H groups in total. The number of aliphatic carboxylic acids is 1. The van der Waals surface area contributed by atoms with Crippen LogP contribution in [0.3, 0.4) is 0 Å². The Balaban J connectivity index is 1.78. The molecule has 1 aliphatic rings. The minimum absolute atomic E-state index is 0.0893. The number of nitrogens with zero attached hydrogens (tertiary/aromatic N) is 3. The van der Waals surface area contributed by atoms with Gasteiger partial charge in [-0.2, -0.15) is 5.10 Å².